The number of carbonyl (C=O) groups excluding carboxylic acids is 1. The summed E-state index contributed by atoms with van der Waals surface area (Å²) in [5.41, 5.74) is 2.27. The predicted octanol–water partition coefficient (Wildman–Crippen LogP) is 3.73. The van der Waals surface area contributed by atoms with E-state index in [2.05, 4.69) is 12.1 Å². The van der Waals surface area contributed by atoms with Gasteiger partial charge in [0.05, 0.1) is 6.61 Å². The molecule has 0 aromatic heterocycles. The molecule has 2 aromatic carbocycles. The molecule has 0 bridgehead atoms. The maximum Gasteiger partial charge on any atom is 0.304 e. The van der Waals surface area contributed by atoms with Crippen LogP contribution >= 0.6 is 0 Å². The first-order valence-corrected chi connectivity index (χ1v) is 7.11. The standard InChI is InChI=1S/C18H20O3/c1-15(19)21-18(13-12-16-8-4-2-5-9-16)20-14-17-10-6-3-7-11-17/h2-11,18H,12-14H2,1H3. The van der Waals surface area contributed by atoms with Crippen LogP contribution in [0, 0.1) is 0 Å². The van der Waals surface area contributed by atoms with Crippen LogP contribution < -0.4 is 0 Å². The van der Waals surface area contributed by atoms with Gasteiger partial charge in [-0.05, 0) is 17.5 Å². The second-order valence-corrected chi connectivity index (χ2v) is 4.86. The Morgan fingerprint density at radius 1 is 0.952 bits per heavy atom. The van der Waals surface area contributed by atoms with Crippen molar-refractivity contribution in [2.45, 2.75) is 32.7 Å². The van der Waals surface area contributed by atoms with Gasteiger partial charge >= 0.3 is 5.97 Å². The highest BCUT2D eigenvalue weighted by Gasteiger charge is 2.12. The number of aryl methyl sites for hydroxylation is 1. The molecular formula is C18H20O3. The fraction of sp³-hybridized carbons (Fsp3) is 0.278. The molecule has 2 aromatic rings. The molecule has 0 radical (unpaired) electrons. The Morgan fingerprint density at radius 2 is 1.52 bits per heavy atom. The van der Waals surface area contributed by atoms with Crippen molar-refractivity contribution in [1.29, 1.82) is 0 Å². The van der Waals surface area contributed by atoms with E-state index in [4.69, 9.17) is 9.47 Å². The molecule has 0 aliphatic heterocycles. The van der Waals surface area contributed by atoms with Crippen molar-refractivity contribution in [2.75, 3.05) is 0 Å². The number of ether oxygens (including phenoxy) is 2. The minimum absolute atomic E-state index is 0.318. The highest BCUT2D eigenvalue weighted by atomic mass is 16.7. The average molecular weight is 284 g/mol. The monoisotopic (exact) mass is 284 g/mol. The summed E-state index contributed by atoms with van der Waals surface area (Å²) in [5.74, 6) is -0.318. The van der Waals surface area contributed by atoms with E-state index in [-0.39, 0.29) is 5.97 Å². The van der Waals surface area contributed by atoms with Crippen LogP contribution in [0.15, 0.2) is 60.7 Å². The zero-order chi connectivity index (χ0) is 14.9. The summed E-state index contributed by atoms with van der Waals surface area (Å²) >= 11 is 0. The van der Waals surface area contributed by atoms with Crippen molar-refractivity contribution in [2.24, 2.45) is 0 Å². The van der Waals surface area contributed by atoms with Crippen molar-refractivity contribution in [3.8, 4) is 0 Å². The summed E-state index contributed by atoms with van der Waals surface area (Å²) in [5, 5.41) is 0. The molecule has 3 nitrogen and oxygen atoms in total. The largest absolute Gasteiger partial charge is 0.436 e. The topological polar surface area (TPSA) is 35.5 Å². The van der Waals surface area contributed by atoms with Crippen LogP contribution in [0.3, 0.4) is 0 Å². The van der Waals surface area contributed by atoms with Gasteiger partial charge in [0.2, 0.25) is 6.29 Å². The molecule has 0 aliphatic carbocycles. The van der Waals surface area contributed by atoms with Crippen molar-refractivity contribution in [3.63, 3.8) is 0 Å². The molecule has 21 heavy (non-hydrogen) atoms. The third kappa shape index (κ3) is 5.79. The van der Waals surface area contributed by atoms with Crippen molar-refractivity contribution >= 4 is 5.97 Å². The summed E-state index contributed by atoms with van der Waals surface area (Å²) in [7, 11) is 0. The molecule has 0 saturated carbocycles. The van der Waals surface area contributed by atoms with Crippen LogP contribution in [0.5, 0.6) is 0 Å². The van der Waals surface area contributed by atoms with Crippen molar-refractivity contribution in [3.05, 3.63) is 71.8 Å². The summed E-state index contributed by atoms with van der Waals surface area (Å²) in [6, 6.07) is 20.0. The van der Waals surface area contributed by atoms with Gasteiger partial charge in [-0.2, -0.15) is 0 Å². The molecule has 110 valence electrons. The van der Waals surface area contributed by atoms with E-state index >= 15 is 0 Å². The van der Waals surface area contributed by atoms with Gasteiger partial charge in [0, 0.05) is 13.3 Å². The summed E-state index contributed by atoms with van der Waals surface area (Å²) in [6.45, 7) is 1.84. The van der Waals surface area contributed by atoms with Crippen LogP contribution in [0.25, 0.3) is 0 Å². The molecule has 0 fully saturated rings. The molecule has 0 aliphatic rings. The predicted molar refractivity (Wildman–Crippen MR) is 81.5 cm³/mol. The Balaban J connectivity index is 1.87. The molecular weight excluding hydrogens is 264 g/mol. The third-order valence-electron chi connectivity index (χ3n) is 3.09. The summed E-state index contributed by atoms with van der Waals surface area (Å²) in [4.78, 5) is 11.2. The average Bonchev–Trinajstić information content (AvgIpc) is 2.51. The van der Waals surface area contributed by atoms with Crippen molar-refractivity contribution in [1.82, 2.24) is 0 Å². The lowest BCUT2D eigenvalue weighted by atomic mass is 10.1. The lowest BCUT2D eigenvalue weighted by molar-refractivity contribution is -0.180. The number of esters is 1. The van der Waals surface area contributed by atoms with Gasteiger partial charge in [0.15, 0.2) is 0 Å². The Morgan fingerprint density at radius 3 is 2.10 bits per heavy atom. The first-order valence-electron chi connectivity index (χ1n) is 7.11. The van der Waals surface area contributed by atoms with E-state index in [1.807, 2.05) is 48.5 Å². The first-order chi connectivity index (χ1) is 10.2. The zero-order valence-corrected chi connectivity index (χ0v) is 12.2. The quantitative estimate of drug-likeness (QED) is 0.574. The second kappa shape index (κ2) is 8.22. The van der Waals surface area contributed by atoms with E-state index in [1.54, 1.807) is 0 Å². The Kier molecular flexibility index (Phi) is 5.98. The second-order valence-electron chi connectivity index (χ2n) is 4.86. The van der Waals surface area contributed by atoms with Gasteiger partial charge in [-0.15, -0.1) is 0 Å². The molecule has 0 saturated heterocycles. The highest BCUT2D eigenvalue weighted by Crippen LogP contribution is 2.11. The summed E-state index contributed by atoms with van der Waals surface area (Å²) in [6.07, 6.45) is 0.951. The van der Waals surface area contributed by atoms with E-state index in [9.17, 15) is 4.79 Å². The fourth-order valence-corrected chi connectivity index (χ4v) is 2.05. The Bertz CT molecular complexity index is 493. The summed E-state index contributed by atoms with van der Waals surface area (Å²) < 4.78 is 11.0. The number of benzene rings is 2. The molecule has 0 N–H and O–H groups in total. The molecule has 0 heterocycles. The lowest BCUT2D eigenvalue weighted by Gasteiger charge is -2.17. The molecule has 3 heteroatoms. The normalized spacial score (nSPS) is 11.9. The smallest absolute Gasteiger partial charge is 0.304 e. The van der Waals surface area contributed by atoms with Gasteiger partial charge in [-0.1, -0.05) is 60.7 Å². The Labute approximate surface area is 125 Å². The van der Waals surface area contributed by atoms with E-state index in [0.29, 0.717) is 13.0 Å². The molecule has 0 spiro atoms. The highest BCUT2D eigenvalue weighted by molar-refractivity contribution is 5.66. The molecule has 1 unspecified atom stereocenters. The van der Waals surface area contributed by atoms with Crippen molar-refractivity contribution < 1.29 is 14.3 Å². The lowest BCUT2D eigenvalue weighted by Crippen LogP contribution is -2.20. The van der Waals surface area contributed by atoms with Gasteiger partial charge in [-0.3, -0.25) is 4.79 Å². The van der Waals surface area contributed by atoms with Gasteiger partial charge < -0.3 is 9.47 Å². The number of carbonyl (C=O) groups is 1. The molecule has 0 amide bonds. The van der Waals surface area contributed by atoms with Gasteiger partial charge in [0.1, 0.15) is 0 Å². The van der Waals surface area contributed by atoms with Crippen LogP contribution in [0.2, 0.25) is 0 Å². The van der Waals surface area contributed by atoms with Crippen LogP contribution in [0.1, 0.15) is 24.5 Å². The third-order valence-corrected chi connectivity index (χ3v) is 3.09. The first kappa shape index (κ1) is 15.3. The number of hydrogen-bond acceptors (Lipinski definition) is 3. The fourth-order valence-electron chi connectivity index (χ4n) is 2.05. The SMILES string of the molecule is CC(=O)OC(CCc1ccccc1)OCc1ccccc1. The van der Waals surface area contributed by atoms with Gasteiger partial charge in [0.25, 0.3) is 0 Å². The Hall–Kier alpha value is -2.13. The van der Waals surface area contributed by atoms with E-state index in [1.165, 1.54) is 12.5 Å². The van der Waals surface area contributed by atoms with E-state index in [0.717, 1.165) is 12.0 Å². The van der Waals surface area contributed by atoms with Gasteiger partial charge in [-0.25, -0.2) is 0 Å². The number of hydrogen-bond donors (Lipinski definition) is 0. The maximum absolute atomic E-state index is 11.2. The van der Waals surface area contributed by atoms with Crippen LogP contribution in [-0.4, -0.2) is 12.3 Å². The minimum atomic E-state index is -0.511. The minimum Gasteiger partial charge on any atom is -0.436 e. The van der Waals surface area contributed by atoms with Crippen LogP contribution in [0.4, 0.5) is 0 Å². The maximum atomic E-state index is 11.2. The van der Waals surface area contributed by atoms with E-state index < -0.39 is 6.29 Å². The zero-order valence-electron chi connectivity index (χ0n) is 12.2. The number of rotatable bonds is 7. The molecule has 1 atom stereocenters. The van der Waals surface area contributed by atoms with Crippen LogP contribution in [-0.2, 0) is 27.3 Å². The molecule has 2 rings (SSSR count).